The van der Waals surface area contributed by atoms with Crippen molar-refractivity contribution in [3.8, 4) is 0 Å². The molecule has 6 N–H and O–H groups in total. The molecule has 0 fully saturated rings. The second kappa shape index (κ2) is 11.1. The van der Waals surface area contributed by atoms with E-state index in [9.17, 15) is 28.7 Å². The number of anilines is 2. The van der Waals surface area contributed by atoms with E-state index >= 15 is 0 Å². The highest BCUT2D eigenvalue weighted by molar-refractivity contribution is 5.97. The molecule has 0 saturated heterocycles. The number of alkyl halides is 1. The number of nitrogen functional groups attached to an aromatic ring is 1. The fourth-order valence-electron chi connectivity index (χ4n) is 3.51. The lowest BCUT2D eigenvalue weighted by Gasteiger charge is -2.24. The Morgan fingerprint density at radius 3 is 2.49 bits per heavy atom. The molecule has 12 heteroatoms. The number of aromatic amines is 1. The van der Waals surface area contributed by atoms with Crippen LogP contribution in [0.2, 0.25) is 0 Å². The van der Waals surface area contributed by atoms with Crippen LogP contribution in [0.15, 0.2) is 47.3 Å². The summed E-state index contributed by atoms with van der Waals surface area (Å²) >= 11 is 0. The minimum Gasteiger partial charge on any atom is -0.481 e. The fourth-order valence-corrected chi connectivity index (χ4v) is 3.51. The van der Waals surface area contributed by atoms with Crippen molar-refractivity contribution in [1.29, 1.82) is 0 Å². The predicted molar refractivity (Wildman–Crippen MR) is 126 cm³/mol. The summed E-state index contributed by atoms with van der Waals surface area (Å²) in [5.41, 5.74) is 7.11. The van der Waals surface area contributed by atoms with E-state index in [-0.39, 0.29) is 36.6 Å². The Morgan fingerprint density at radius 2 is 1.86 bits per heavy atom. The number of carbonyl (C=O) groups is 3. The van der Waals surface area contributed by atoms with Crippen molar-refractivity contribution >= 4 is 40.4 Å². The fraction of sp³-hybridized carbons (Fsp3) is 0.261. The first kappa shape index (κ1) is 25.1. The summed E-state index contributed by atoms with van der Waals surface area (Å²) in [6.45, 7) is -0.319. The molecule has 11 nitrogen and oxygen atoms in total. The number of nitrogens with two attached hydrogens (primary N) is 1. The summed E-state index contributed by atoms with van der Waals surface area (Å²) in [5, 5.41) is 20.6. The van der Waals surface area contributed by atoms with Crippen LogP contribution in [0.1, 0.15) is 28.8 Å². The topological polar surface area (TPSA) is 179 Å². The molecular weight excluding hydrogens is 461 g/mol. The molecule has 184 valence electrons. The van der Waals surface area contributed by atoms with Crippen molar-refractivity contribution in [3.05, 3.63) is 63.9 Å². The average molecular weight is 485 g/mol. The Morgan fingerprint density at radius 1 is 1.14 bits per heavy atom. The molecule has 1 atom stereocenters. The third-order valence-corrected chi connectivity index (χ3v) is 5.26. The van der Waals surface area contributed by atoms with Gasteiger partial charge in [0.2, 0.25) is 5.95 Å². The molecule has 3 rings (SSSR count). The number of amides is 1. The summed E-state index contributed by atoms with van der Waals surface area (Å²) in [6, 6.07) is 9.82. The molecule has 0 aliphatic heterocycles. The van der Waals surface area contributed by atoms with Crippen LogP contribution in [0.25, 0.3) is 10.9 Å². The second-order valence-electron chi connectivity index (χ2n) is 7.76. The summed E-state index contributed by atoms with van der Waals surface area (Å²) < 4.78 is 13.3. The molecule has 0 spiro atoms. The quantitative estimate of drug-likeness (QED) is 0.269. The van der Waals surface area contributed by atoms with Gasteiger partial charge in [0, 0.05) is 30.8 Å². The Balaban J connectivity index is 1.75. The van der Waals surface area contributed by atoms with E-state index in [1.165, 1.54) is 12.1 Å². The molecule has 35 heavy (non-hydrogen) atoms. The molecule has 1 amide bonds. The van der Waals surface area contributed by atoms with Crippen molar-refractivity contribution in [2.45, 2.75) is 25.4 Å². The number of H-pyrrole nitrogens is 1. The minimum absolute atomic E-state index is 0.00925. The summed E-state index contributed by atoms with van der Waals surface area (Å²) in [4.78, 5) is 54.8. The molecule has 0 unspecified atom stereocenters. The summed E-state index contributed by atoms with van der Waals surface area (Å²) in [5.74, 6) is -3.17. The molecule has 0 aliphatic carbocycles. The SMILES string of the molecule is Nc1nc2ccc(CN(CCF)c3ccc(C(=O)N[C@H](CCC(=O)O)C(=O)O)cc3)cc2c(=O)[nH]1. The average Bonchev–Trinajstić information content (AvgIpc) is 2.81. The maximum absolute atomic E-state index is 13.3. The Kier molecular flexibility index (Phi) is 7.97. The molecule has 0 bridgehead atoms. The van der Waals surface area contributed by atoms with Crippen molar-refractivity contribution in [3.63, 3.8) is 0 Å². The first-order valence-corrected chi connectivity index (χ1v) is 10.6. The zero-order chi connectivity index (χ0) is 25.5. The lowest BCUT2D eigenvalue weighted by molar-refractivity contribution is -0.140. The van der Waals surface area contributed by atoms with E-state index in [4.69, 9.17) is 10.8 Å². The molecule has 1 aromatic heterocycles. The normalized spacial score (nSPS) is 11.7. The number of rotatable bonds is 11. The lowest BCUT2D eigenvalue weighted by Crippen LogP contribution is -2.41. The van der Waals surface area contributed by atoms with Crippen LogP contribution >= 0.6 is 0 Å². The Labute approximate surface area is 198 Å². The van der Waals surface area contributed by atoms with Crippen molar-refractivity contribution in [2.75, 3.05) is 23.9 Å². The van der Waals surface area contributed by atoms with E-state index < -0.39 is 37.0 Å². The van der Waals surface area contributed by atoms with Crippen molar-refractivity contribution in [1.82, 2.24) is 15.3 Å². The molecule has 2 aromatic carbocycles. The minimum atomic E-state index is -1.35. The summed E-state index contributed by atoms with van der Waals surface area (Å²) in [6.07, 6.45) is -0.659. The van der Waals surface area contributed by atoms with E-state index in [0.29, 0.717) is 16.6 Å². The van der Waals surface area contributed by atoms with Gasteiger partial charge >= 0.3 is 11.9 Å². The first-order valence-electron chi connectivity index (χ1n) is 10.6. The van der Waals surface area contributed by atoms with Crippen LogP contribution in [0.3, 0.4) is 0 Å². The molecule has 0 radical (unpaired) electrons. The van der Waals surface area contributed by atoms with Crippen LogP contribution in [0, 0.1) is 0 Å². The van der Waals surface area contributed by atoms with Gasteiger partial charge < -0.3 is 26.2 Å². The van der Waals surface area contributed by atoms with Gasteiger partial charge in [-0.2, -0.15) is 0 Å². The van der Waals surface area contributed by atoms with Gasteiger partial charge in [0.15, 0.2) is 0 Å². The number of aliphatic carboxylic acids is 2. The number of nitrogens with zero attached hydrogens (tertiary/aromatic N) is 2. The monoisotopic (exact) mass is 485 g/mol. The summed E-state index contributed by atoms with van der Waals surface area (Å²) in [7, 11) is 0. The maximum Gasteiger partial charge on any atom is 0.326 e. The zero-order valence-electron chi connectivity index (χ0n) is 18.5. The number of carboxylic acids is 2. The van der Waals surface area contributed by atoms with E-state index in [1.54, 1.807) is 35.2 Å². The smallest absolute Gasteiger partial charge is 0.326 e. The van der Waals surface area contributed by atoms with Gasteiger partial charge in [0.05, 0.1) is 10.9 Å². The third kappa shape index (κ3) is 6.53. The number of nitrogens with one attached hydrogen (secondary N) is 2. The maximum atomic E-state index is 13.3. The van der Waals surface area contributed by atoms with Crippen molar-refractivity contribution in [2.24, 2.45) is 0 Å². The van der Waals surface area contributed by atoms with Gasteiger partial charge in [-0.15, -0.1) is 0 Å². The van der Waals surface area contributed by atoms with Crippen LogP contribution in [0.5, 0.6) is 0 Å². The number of hydrogen-bond donors (Lipinski definition) is 5. The predicted octanol–water partition coefficient (Wildman–Crippen LogP) is 1.53. The third-order valence-electron chi connectivity index (χ3n) is 5.26. The second-order valence-corrected chi connectivity index (χ2v) is 7.76. The molecule has 1 heterocycles. The first-order chi connectivity index (χ1) is 16.7. The molecule has 3 aromatic rings. The number of aromatic nitrogens is 2. The van der Waals surface area contributed by atoms with E-state index in [1.807, 2.05) is 0 Å². The zero-order valence-corrected chi connectivity index (χ0v) is 18.5. The highest BCUT2D eigenvalue weighted by atomic mass is 19.1. The largest absolute Gasteiger partial charge is 0.481 e. The van der Waals surface area contributed by atoms with E-state index in [2.05, 4.69) is 15.3 Å². The van der Waals surface area contributed by atoms with Gasteiger partial charge in [0.1, 0.15) is 12.7 Å². The highest BCUT2D eigenvalue weighted by Crippen LogP contribution is 2.20. The van der Waals surface area contributed by atoms with Crippen LogP contribution in [0.4, 0.5) is 16.0 Å². The number of benzene rings is 2. The lowest BCUT2D eigenvalue weighted by atomic mass is 10.1. The van der Waals surface area contributed by atoms with Crippen LogP contribution in [-0.4, -0.2) is 57.3 Å². The number of carbonyl (C=O) groups excluding carboxylic acids is 1. The number of fused-ring (bicyclic) bond motifs is 1. The van der Waals surface area contributed by atoms with Gasteiger partial charge in [-0.3, -0.25) is 19.4 Å². The molecule has 0 saturated carbocycles. The molecule has 0 aliphatic rings. The Bertz CT molecular complexity index is 1290. The van der Waals surface area contributed by atoms with E-state index in [0.717, 1.165) is 5.56 Å². The Hall–Kier alpha value is -4.48. The molecular formula is C23H24FN5O6. The highest BCUT2D eigenvalue weighted by Gasteiger charge is 2.22. The van der Waals surface area contributed by atoms with Gasteiger partial charge in [-0.25, -0.2) is 14.2 Å². The van der Waals surface area contributed by atoms with Gasteiger partial charge in [-0.05, 0) is 48.4 Å². The number of hydrogen-bond acceptors (Lipinski definition) is 7. The van der Waals surface area contributed by atoms with Crippen LogP contribution < -0.4 is 21.5 Å². The van der Waals surface area contributed by atoms with Crippen molar-refractivity contribution < 1.29 is 29.0 Å². The van der Waals surface area contributed by atoms with Gasteiger partial charge in [-0.1, -0.05) is 6.07 Å². The number of halogens is 1. The van der Waals surface area contributed by atoms with Crippen LogP contribution in [-0.2, 0) is 16.1 Å². The number of carboxylic acid groups (broad SMARTS) is 2. The van der Waals surface area contributed by atoms with Gasteiger partial charge in [0.25, 0.3) is 11.5 Å². The standard InChI is InChI=1S/C23H24FN5O6/c24-9-10-29(12-13-1-6-17-16(11-13)21(33)28-23(25)27-17)15-4-2-14(3-5-15)20(32)26-18(22(34)35)7-8-19(30)31/h1-6,11,18H,7-10,12H2,(H,26,32)(H,30,31)(H,34,35)(H3,25,27,28,33)/t18-/m1/s1.